The van der Waals surface area contributed by atoms with E-state index in [1.54, 1.807) is 0 Å². The van der Waals surface area contributed by atoms with E-state index in [0.717, 1.165) is 102 Å². The summed E-state index contributed by atoms with van der Waals surface area (Å²) in [5, 5.41) is 0. The Bertz CT molecular complexity index is 2550. The van der Waals surface area contributed by atoms with Gasteiger partial charge in [-0.05, 0) is 97.5 Å². The van der Waals surface area contributed by atoms with E-state index in [2.05, 4.69) is 13.8 Å². The molecule has 0 saturated carbocycles. The van der Waals surface area contributed by atoms with Crippen LogP contribution in [0, 0.1) is 27.7 Å². The normalized spacial score (nSPS) is 16.2. The fourth-order valence-corrected chi connectivity index (χ4v) is 7.73. The van der Waals surface area contributed by atoms with Crippen molar-refractivity contribution in [1.82, 2.24) is 0 Å². The summed E-state index contributed by atoms with van der Waals surface area (Å²) in [5.74, 6) is -3.36. The van der Waals surface area contributed by atoms with Crippen LogP contribution in [0.2, 0.25) is 0 Å². The zero-order valence-electron chi connectivity index (χ0n) is 33.8. The van der Waals surface area contributed by atoms with Crippen LogP contribution in [-0.2, 0) is 43.8 Å². The van der Waals surface area contributed by atoms with Crippen LogP contribution >= 0.6 is 0 Å². The molecule has 0 bridgehead atoms. The molecule has 0 aromatic heterocycles. The standard InChI is InChI=1S/C47H36N4O10/c1-25-19-29(20-26(2)45(25)60-35-9-7-31(48-37(52)11-12-38(48)53)23-33(35)50-41(56)15-16-42(50)57)47(5,6)30-21-27(3)46(28(4)22-30)61-36-10-8-32(49-39(54)13-14-40(49)55)24-34(36)51-43(58)17-18-44(51)59/h7-24H,1-6H3. The Kier molecular flexibility index (Phi) is 9.58. The minimum atomic E-state index is -0.602. The van der Waals surface area contributed by atoms with E-state index in [9.17, 15) is 38.4 Å². The Morgan fingerprint density at radius 3 is 0.918 bits per heavy atom. The lowest BCUT2D eigenvalue weighted by Crippen LogP contribution is -2.32. The molecule has 61 heavy (non-hydrogen) atoms. The molecule has 8 rings (SSSR count). The van der Waals surface area contributed by atoms with E-state index in [4.69, 9.17) is 9.47 Å². The van der Waals surface area contributed by atoms with Crippen molar-refractivity contribution in [2.24, 2.45) is 0 Å². The molecular formula is C47H36N4O10. The zero-order chi connectivity index (χ0) is 43.7. The number of nitrogens with zero attached hydrogens (tertiary/aromatic N) is 4. The number of benzene rings is 4. The molecule has 4 heterocycles. The molecule has 0 radical (unpaired) electrons. The second kappa shape index (κ2) is 14.7. The van der Waals surface area contributed by atoms with Gasteiger partial charge in [0.15, 0.2) is 11.5 Å². The Balaban J connectivity index is 1.10. The predicted octanol–water partition coefficient (Wildman–Crippen LogP) is 6.55. The number of hydrogen-bond acceptors (Lipinski definition) is 10. The van der Waals surface area contributed by atoms with Gasteiger partial charge in [0.2, 0.25) is 0 Å². The number of rotatable bonds is 10. The molecule has 0 N–H and O–H groups in total. The van der Waals surface area contributed by atoms with Crippen molar-refractivity contribution in [1.29, 1.82) is 0 Å². The largest absolute Gasteiger partial charge is 0.455 e. The van der Waals surface area contributed by atoms with Crippen LogP contribution in [0.25, 0.3) is 0 Å². The summed E-state index contributed by atoms with van der Waals surface area (Å²) in [6, 6.07) is 16.8. The Morgan fingerprint density at radius 2 is 0.639 bits per heavy atom. The maximum atomic E-state index is 12.8. The molecule has 0 spiro atoms. The van der Waals surface area contributed by atoms with Gasteiger partial charge in [0.1, 0.15) is 11.5 Å². The minimum absolute atomic E-state index is 0.0638. The first-order valence-electron chi connectivity index (χ1n) is 19.1. The summed E-state index contributed by atoms with van der Waals surface area (Å²) in [7, 11) is 0. The fourth-order valence-electron chi connectivity index (χ4n) is 7.73. The average molecular weight is 817 g/mol. The molecule has 4 aromatic rings. The highest BCUT2D eigenvalue weighted by Crippen LogP contribution is 2.44. The molecule has 0 fully saturated rings. The lowest BCUT2D eigenvalue weighted by atomic mass is 9.76. The molecule has 4 aliphatic rings. The lowest BCUT2D eigenvalue weighted by molar-refractivity contribution is -0.121. The number of imide groups is 4. The molecule has 8 amide bonds. The maximum absolute atomic E-state index is 12.8. The average Bonchev–Trinajstić information content (AvgIpc) is 3.94. The maximum Gasteiger partial charge on any atom is 0.258 e. The summed E-state index contributed by atoms with van der Waals surface area (Å²) >= 11 is 0. The monoisotopic (exact) mass is 816 g/mol. The number of anilines is 4. The van der Waals surface area contributed by atoms with Crippen LogP contribution in [-0.4, -0.2) is 47.3 Å². The van der Waals surface area contributed by atoms with Gasteiger partial charge >= 0.3 is 0 Å². The number of amides is 8. The van der Waals surface area contributed by atoms with Crippen molar-refractivity contribution in [3.63, 3.8) is 0 Å². The van der Waals surface area contributed by atoms with Crippen molar-refractivity contribution in [3.8, 4) is 23.0 Å². The van der Waals surface area contributed by atoms with Crippen LogP contribution in [0.4, 0.5) is 22.7 Å². The van der Waals surface area contributed by atoms with Gasteiger partial charge in [0.25, 0.3) is 47.3 Å². The Labute approximate surface area is 349 Å². The van der Waals surface area contributed by atoms with Crippen molar-refractivity contribution in [2.75, 3.05) is 19.6 Å². The van der Waals surface area contributed by atoms with Crippen molar-refractivity contribution >= 4 is 70.0 Å². The molecule has 4 aliphatic heterocycles. The molecule has 0 unspecified atom stereocenters. The summed E-state index contributed by atoms with van der Waals surface area (Å²) in [6.45, 7) is 11.7. The number of carbonyl (C=O) groups excluding carboxylic acids is 8. The first-order valence-corrected chi connectivity index (χ1v) is 19.1. The predicted molar refractivity (Wildman–Crippen MR) is 224 cm³/mol. The van der Waals surface area contributed by atoms with Gasteiger partial charge in [0, 0.05) is 54.0 Å². The Hall–Kier alpha value is -8.00. The van der Waals surface area contributed by atoms with Crippen LogP contribution in [0.5, 0.6) is 23.0 Å². The third kappa shape index (κ3) is 6.83. The first kappa shape index (κ1) is 39.8. The Morgan fingerprint density at radius 1 is 0.377 bits per heavy atom. The van der Waals surface area contributed by atoms with Crippen molar-refractivity contribution in [2.45, 2.75) is 47.0 Å². The number of ether oxygens (including phenoxy) is 2. The molecule has 0 atom stereocenters. The van der Waals surface area contributed by atoms with Gasteiger partial charge in [-0.3, -0.25) is 38.4 Å². The summed E-state index contributed by atoms with van der Waals surface area (Å²) < 4.78 is 12.9. The minimum Gasteiger partial charge on any atom is -0.455 e. The zero-order valence-corrected chi connectivity index (χ0v) is 33.8. The molecule has 4 aromatic carbocycles. The fraction of sp³-hybridized carbons (Fsp3) is 0.149. The number of carbonyl (C=O) groups is 8. The number of hydrogen-bond donors (Lipinski definition) is 0. The van der Waals surface area contributed by atoms with Gasteiger partial charge in [-0.25, -0.2) is 19.6 Å². The SMILES string of the molecule is Cc1cc(C(C)(C)c2cc(C)c(Oc3ccc(N4C(=O)C=CC4=O)cc3N3C(=O)C=CC3=O)c(C)c2)cc(C)c1Oc1ccc(N2C(=O)C=CC2=O)cc1N1C(=O)C=CC1=O. The van der Waals surface area contributed by atoms with Crippen molar-refractivity contribution in [3.05, 3.63) is 143 Å². The van der Waals surface area contributed by atoms with Crippen LogP contribution in [0.15, 0.2) is 109 Å². The molecule has 14 heteroatoms. The summed E-state index contributed by atoms with van der Waals surface area (Å²) in [4.78, 5) is 105. The molecule has 0 saturated heterocycles. The second-order valence-electron chi connectivity index (χ2n) is 15.4. The highest BCUT2D eigenvalue weighted by atomic mass is 16.5. The van der Waals surface area contributed by atoms with Gasteiger partial charge in [-0.15, -0.1) is 0 Å². The molecular weight excluding hydrogens is 781 g/mol. The van der Waals surface area contributed by atoms with Gasteiger partial charge in [0.05, 0.1) is 22.7 Å². The summed E-state index contributed by atoms with van der Waals surface area (Å²) in [5.41, 5.74) is 4.79. The third-order valence-corrected chi connectivity index (χ3v) is 10.9. The van der Waals surface area contributed by atoms with Crippen LogP contribution < -0.4 is 29.1 Å². The quantitative estimate of drug-likeness (QED) is 0.160. The van der Waals surface area contributed by atoms with E-state index >= 15 is 0 Å². The topological polar surface area (TPSA) is 168 Å². The third-order valence-electron chi connectivity index (χ3n) is 10.9. The van der Waals surface area contributed by atoms with Gasteiger partial charge in [-0.1, -0.05) is 38.1 Å². The number of aryl methyl sites for hydroxylation is 4. The lowest BCUT2D eigenvalue weighted by Gasteiger charge is -2.30. The second-order valence-corrected chi connectivity index (χ2v) is 15.4. The smallest absolute Gasteiger partial charge is 0.258 e. The first-order chi connectivity index (χ1) is 28.9. The van der Waals surface area contributed by atoms with E-state index in [1.165, 1.54) is 36.4 Å². The van der Waals surface area contributed by atoms with E-state index < -0.39 is 52.7 Å². The van der Waals surface area contributed by atoms with Gasteiger partial charge < -0.3 is 9.47 Å². The summed E-state index contributed by atoms with van der Waals surface area (Å²) in [6.07, 6.45) is 9.10. The van der Waals surface area contributed by atoms with Crippen molar-refractivity contribution < 1.29 is 47.8 Å². The highest BCUT2D eigenvalue weighted by molar-refractivity contribution is 6.32. The van der Waals surface area contributed by atoms with E-state index in [-0.39, 0.29) is 34.2 Å². The van der Waals surface area contributed by atoms with E-state index in [0.29, 0.717) is 11.5 Å². The van der Waals surface area contributed by atoms with Crippen LogP contribution in [0.1, 0.15) is 47.2 Å². The highest BCUT2D eigenvalue weighted by Gasteiger charge is 2.34. The molecule has 14 nitrogen and oxygen atoms in total. The van der Waals surface area contributed by atoms with Gasteiger partial charge in [-0.2, -0.15) is 0 Å². The van der Waals surface area contributed by atoms with E-state index in [1.807, 2.05) is 52.0 Å². The van der Waals surface area contributed by atoms with Crippen LogP contribution in [0.3, 0.4) is 0 Å². The molecule has 304 valence electrons. The molecule has 0 aliphatic carbocycles.